The second kappa shape index (κ2) is 6.63. The Hall–Kier alpha value is -2.56. The van der Waals surface area contributed by atoms with E-state index in [4.69, 9.17) is 6.42 Å². The van der Waals surface area contributed by atoms with E-state index < -0.39 is 24.5 Å². The molecule has 1 fully saturated rings. The van der Waals surface area contributed by atoms with E-state index in [-0.39, 0.29) is 12.3 Å². The van der Waals surface area contributed by atoms with Gasteiger partial charge in [-0.05, 0) is 25.8 Å². The average Bonchev–Trinajstić information content (AvgIpc) is 3.33. The zero-order valence-corrected chi connectivity index (χ0v) is 14.5. The van der Waals surface area contributed by atoms with Crippen molar-refractivity contribution >= 4 is 16.9 Å². The molecule has 2 aromatic heterocycles. The Kier molecular flexibility index (Phi) is 4.65. The fourth-order valence-corrected chi connectivity index (χ4v) is 3.09. The van der Waals surface area contributed by atoms with Crippen LogP contribution < -0.4 is 5.32 Å². The van der Waals surface area contributed by atoms with E-state index >= 15 is 0 Å². The molecule has 3 rings (SSSR count). The van der Waals surface area contributed by atoms with Crippen LogP contribution in [0.15, 0.2) is 6.07 Å². The number of halogens is 3. The molecule has 1 saturated carbocycles. The van der Waals surface area contributed by atoms with E-state index in [1.165, 1.54) is 0 Å². The fourth-order valence-electron chi connectivity index (χ4n) is 3.09. The predicted octanol–water partition coefficient (Wildman–Crippen LogP) is 3.23. The number of alkyl halides is 3. The summed E-state index contributed by atoms with van der Waals surface area (Å²) < 4.78 is 39.8. The number of hydrogen-bond acceptors (Lipinski definition) is 3. The Bertz CT molecular complexity index is 890. The van der Waals surface area contributed by atoms with Gasteiger partial charge < -0.3 is 5.32 Å². The average molecular weight is 364 g/mol. The van der Waals surface area contributed by atoms with E-state index in [0.29, 0.717) is 22.3 Å². The van der Waals surface area contributed by atoms with Gasteiger partial charge in [-0.1, -0.05) is 0 Å². The molecule has 0 aliphatic heterocycles. The second-order valence-corrected chi connectivity index (χ2v) is 6.67. The molecule has 1 aliphatic rings. The first-order valence-corrected chi connectivity index (χ1v) is 8.35. The molecule has 0 unspecified atom stereocenters. The molecular weight excluding hydrogens is 345 g/mol. The summed E-state index contributed by atoms with van der Waals surface area (Å²) >= 11 is 0. The first-order chi connectivity index (χ1) is 12.2. The van der Waals surface area contributed by atoms with E-state index in [1.54, 1.807) is 24.7 Å². The Balaban J connectivity index is 1.97. The van der Waals surface area contributed by atoms with Gasteiger partial charge >= 0.3 is 6.18 Å². The van der Waals surface area contributed by atoms with Crippen molar-refractivity contribution in [3.63, 3.8) is 0 Å². The lowest BCUT2D eigenvalue weighted by molar-refractivity contribution is -0.139. The van der Waals surface area contributed by atoms with Crippen LogP contribution in [0.3, 0.4) is 0 Å². The summed E-state index contributed by atoms with van der Waals surface area (Å²) in [6.07, 6.45) is 1.37. The van der Waals surface area contributed by atoms with Crippen molar-refractivity contribution in [2.24, 2.45) is 7.05 Å². The van der Waals surface area contributed by atoms with Crippen LogP contribution in [0.2, 0.25) is 0 Å². The van der Waals surface area contributed by atoms with Crippen molar-refractivity contribution in [3.05, 3.63) is 23.0 Å². The first kappa shape index (κ1) is 18.2. The standard InChI is InChI=1S/C18H19F3N4O/c1-4-5-12(9-18(19,20)21)22-17(26)13-8-14(11-6-7-11)23-16-15(13)10(2)24-25(16)3/h1,8,11-12H,5-7,9H2,2-3H3,(H,22,26)/t12-/m0/s1. The van der Waals surface area contributed by atoms with Gasteiger partial charge in [0, 0.05) is 31.1 Å². The van der Waals surface area contributed by atoms with Gasteiger partial charge in [0.2, 0.25) is 0 Å². The Morgan fingerprint density at radius 1 is 1.50 bits per heavy atom. The lowest BCUT2D eigenvalue weighted by atomic mass is 10.1. The molecule has 0 spiro atoms. The summed E-state index contributed by atoms with van der Waals surface area (Å²) in [5.74, 6) is 1.90. The van der Waals surface area contributed by atoms with Crippen LogP contribution in [-0.2, 0) is 7.05 Å². The number of amides is 1. The van der Waals surface area contributed by atoms with Crippen molar-refractivity contribution in [2.75, 3.05) is 0 Å². The third-order valence-electron chi connectivity index (χ3n) is 4.41. The number of hydrogen-bond donors (Lipinski definition) is 1. The molecule has 1 aliphatic carbocycles. The zero-order valence-electron chi connectivity index (χ0n) is 14.5. The Morgan fingerprint density at radius 2 is 2.19 bits per heavy atom. The van der Waals surface area contributed by atoms with E-state index in [1.807, 2.05) is 0 Å². The van der Waals surface area contributed by atoms with Crippen molar-refractivity contribution < 1.29 is 18.0 Å². The molecule has 1 atom stereocenters. The molecule has 2 aromatic rings. The Labute approximate surface area is 149 Å². The number of nitrogens with zero attached hydrogens (tertiary/aromatic N) is 3. The van der Waals surface area contributed by atoms with Gasteiger partial charge in [0.1, 0.15) is 0 Å². The van der Waals surface area contributed by atoms with Crippen molar-refractivity contribution in [2.45, 2.75) is 50.7 Å². The molecule has 1 N–H and O–H groups in total. The predicted molar refractivity (Wildman–Crippen MR) is 90.6 cm³/mol. The zero-order chi connectivity index (χ0) is 19.1. The van der Waals surface area contributed by atoms with Crippen LogP contribution in [0.25, 0.3) is 11.0 Å². The summed E-state index contributed by atoms with van der Waals surface area (Å²) in [5.41, 5.74) is 2.23. The van der Waals surface area contributed by atoms with Gasteiger partial charge in [0.25, 0.3) is 5.91 Å². The molecule has 5 nitrogen and oxygen atoms in total. The maximum absolute atomic E-state index is 12.8. The first-order valence-electron chi connectivity index (χ1n) is 8.35. The van der Waals surface area contributed by atoms with Crippen LogP contribution in [-0.4, -0.2) is 32.9 Å². The molecule has 0 saturated heterocycles. The van der Waals surface area contributed by atoms with Gasteiger partial charge in [0.05, 0.1) is 23.1 Å². The van der Waals surface area contributed by atoms with E-state index in [2.05, 4.69) is 21.3 Å². The number of carbonyl (C=O) groups is 1. The summed E-state index contributed by atoms with van der Waals surface area (Å²) in [7, 11) is 1.73. The van der Waals surface area contributed by atoms with Crippen LogP contribution in [0.5, 0.6) is 0 Å². The number of fused-ring (bicyclic) bond motifs is 1. The third-order valence-corrected chi connectivity index (χ3v) is 4.41. The van der Waals surface area contributed by atoms with Crippen LogP contribution in [0, 0.1) is 19.3 Å². The molecule has 0 aromatic carbocycles. The minimum absolute atomic E-state index is 0.193. The minimum Gasteiger partial charge on any atom is -0.348 e. The molecular formula is C18H19F3N4O. The lowest BCUT2D eigenvalue weighted by Gasteiger charge is -2.18. The molecule has 8 heteroatoms. The topological polar surface area (TPSA) is 59.8 Å². The van der Waals surface area contributed by atoms with Gasteiger partial charge in [0.15, 0.2) is 5.65 Å². The van der Waals surface area contributed by atoms with Crippen molar-refractivity contribution in [1.29, 1.82) is 0 Å². The quantitative estimate of drug-likeness (QED) is 0.829. The number of pyridine rings is 1. The molecule has 0 radical (unpaired) electrons. The number of rotatable bonds is 5. The number of aromatic nitrogens is 3. The van der Waals surface area contributed by atoms with Crippen molar-refractivity contribution in [1.82, 2.24) is 20.1 Å². The fraction of sp³-hybridized carbons (Fsp3) is 0.500. The van der Waals surface area contributed by atoms with E-state index in [9.17, 15) is 18.0 Å². The highest BCUT2D eigenvalue weighted by atomic mass is 19.4. The second-order valence-electron chi connectivity index (χ2n) is 6.67. The van der Waals surface area contributed by atoms with Gasteiger partial charge in [-0.3, -0.25) is 9.48 Å². The molecule has 1 amide bonds. The molecule has 26 heavy (non-hydrogen) atoms. The SMILES string of the molecule is C#CC[C@@H](CC(F)(F)F)NC(=O)c1cc(C2CC2)nc2c1c(C)nn2C. The number of nitrogens with one attached hydrogen (secondary N) is 1. The Morgan fingerprint density at radius 3 is 2.77 bits per heavy atom. The summed E-state index contributed by atoms with van der Waals surface area (Å²) in [4.78, 5) is 17.4. The minimum atomic E-state index is -4.41. The smallest absolute Gasteiger partial charge is 0.348 e. The van der Waals surface area contributed by atoms with Crippen LogP contribution >= 0.6 is 0 Å². The molecule has 0 bridgehead atoms. The highest BCUT2D eigenvalue weighted by Gasteiger charge is 2.33. The third kappa shape index (κ3) is 3.82. The normalized spacial score (nSPS) is 15.7. The maximum atomic E-state index is 12.8. The van der Waals surface area contributed by atoms with Crippen LogP contribution in [0.4, 0.5) is 13.2 Å². The molecule has 2 heterocycles. The highest BCUT2D eigenvalue weighted by molar-refractivity contribution is 6.06. The number of carbonyl (C=O) groups excluding carboxylic acids is 1. The van der Waals surface area contributed by atoms with E-state index in [0.717, 1.165) is 18.5 Å². The van der Waals surface area contributed by atoms with Gasteiger partial charge in [-0.25, -0.2) is 4.98 Å². The lowest BCUT2D eigenvalue weighted by Crippen LogP contribution is -2.38. The monoisotopic (exact) mass is 364 g/mol. The largest absolute Gasteiger partial charge is 0.391 e. The van der Waals surface area contributed by atoms with Crippen molar-refractivity contribution in [3.8, 4) is 12.3 Å². The number of terminal acetylenes is 1. The maximum Gasteiger partial charge on any atom is 0.391 e. The molecule has 138 valence electrons. The summed E-state index contributed by atoms with van der Waals surface area (Å²) in [6, 6.07) is 0.502. The highest BCUT2D eigenvalue weighted by Crippen LogP contribution is 2.40. The summed E-state index contributed by atoms with van der Waals surface area (Å²) in [6.45, 7) is 1.74. The van der Waals surface area contributed by atoms with Crippen LogP contribution in [0.1, 0.15) is 53.3 Å². The number of aryl methyl sites for hydroxylation is 2. The summed E-state index contributed by atoms with van der Waals surface area (Å²) in [5, 5.41) is 7.29. The van der Waals surface area contributed by atoms with Gasteiger partial charge in [-0.2, -0.15) is 18.3 Å². The van der Waals surface area contributed by atoms with Gasteiger partial charge in [-0.15, -0.1) is 12.3 Å².